The van der Waals surface area contributed by atoms with Crippen molar-refractivity contribution >= 4 is 29.6 Å². The molecule has 1 unspecified atom stereocenters. The number of carbonyl (C=O) groups excluding carboxylic acids is 1. The number of rotatable bonds is 1. The van der Waals surface area contributed by atoms with Crippen LogP contribution in [-0.4, -0.2) is 12.0 Å². The van der Waals surface area contributed by atoms with E-state index >= 15 is 0 Å². The molecule has 74 valence electrons. The van der Waals surface area contributed by atoms with Crippen molar-refractivity contribution in [3.05, 3.63) is 28.5 Å². The third-order valence-electron chi connectivity index (χ3n) is 2.28. The Hall–Kier alpha value is -0.540. The molecule has 0 N–H and O–H groups in total. The van der Waals surface area contributed by atoms with Crippen LogP contribution in [0.3, 0.4) is 0 Å². The molecule has 14 heavy (non-hydrogen) atoms. The fourth-order valence-corrected chi connectivity index (χ4v) is 3.12. The highest BCUT2D eigenvalue weighted by molar-refractivity contribution is 7.99. The standard InChI is InChI=1S/C10H8ClFOS/c11-9-4-7(12)3-8-6(5-13)1-2-14-10(8)9/h3-6H,1-2H2. The SMILES string of the molecule is O=CC1CCSc2c(Cl)cc(F)cc21. The number of thioether (sulfide) groups is 1. The second-order valence-corrected chi connectivity index (χ2v) is 4.70. The molecule has 4 heteroatoms. The molecular formula is C10H8ClFOS. The Bertz CT molecular complexity index is 381. The Morgan fingerprint density at radius 1 is 1.57 bits per heavy atom. The Labute approximate surface area is 90.6 Å². The largest absolute Gasteiger partial charge is 0.303 e. The molecular weight excluding hydrogens is 223 g/mol. The number of carbonyl (C=O) groups is 1. The van der Waals surface area contributed by atoms with Crippen LogP contribution in [0.5, 0.6) is 0 Å². The van der Waals surface area contributed by atoms with Crippen molar-refractivity contribution in [3.8, 4) is 0 Å². The van der Waals surface area contributed by atoms with E-state index < -0.39 is 0 Å². The van der Waals surface area contributed by atoms with E-state index in [4.69, 9.17) is 11.6 Å². The van der Waals surface area contributed by atoms with Gasteiger partial charge < -0.3 is 4.79 Å². The van der Waals surface area contributed by atoms with Gasteiger partial charge >= 0.3 is 0 Å². The molecule has 1 atom stereocenters. The van der Waals surface area contributed by atoms with Gasteiger partial charge in [-0.3, -0.25) is 0 Å². The first kappa shape index (κ1) is 9.99. The van der Waals surface area contributed by atoms with Crippen LogP contribution in [0.15, 0.2) is 17.0 Å². The lowest BCUT2D eigenvalue weighted by Gasteiger charge is -2.21. The smallest absolute Gasteiger partial charge is 0.127 e. The fraction of sp³-hybridized carbons (Fsp3) is 0.300. The molecule has 1 aromatic carbocycles. The van der Waals surface area contributed by atoms with Crippen molar-refractivity contribution in [2.24, 2.45) is 0 Å². The average Bonchev–Trinajstić information content (AvgIpc) is 2.17. The molecule has 1 heterocycles. The molecule has 1 aromatic rings. The van der Waals surface area contributed by atoms with Gasteiger partial charge in [-0.2, -0.15) is 0 Å². The number of halogens is 2. The van der Waals surface area contributed by atoms with Gasteiger partial charge in [-0.1, -0.05) is 11.6 Å². The quantitative estimate of drug-likeness (QED) is 0.689. The minimum atomic E-state index is -0.372. The number of aldehydes is 1. The van der Waals surface area contributed by atoms with Crippen molar-refractivity contribution in [1.82, 2.24) is 0 Å². The molecule has 1 nitrogen and oxygen atoms in total. The summed E-state index contributed by atoms with van der Waals surface area (Å²) < 4.78 is 13.1. The van der Waals surface area contributed by atoms with E-state index in [1.807, 2.05) is 0 Å². The number of benzene rings is 1. The first-order valence-corrected chi connectivity index (χ1v) is 5.65. The Balaban J connectivity index is 2.56. The van der Waals surface area contributed by atoms with Gasteiger partial charge in [0.1, 0.15) is 12.1 Å². The van der Waals surface area contributed by atoms with Crippen LogP contribution in [0.2, 0.25) is 5.02 Å². The van der Waals surface area contributed by atoms with Gasteiger partial charge in [0.15, 0.2) is 0 Å². The van der Waals surface area contributed by atoms with Crippen molar-refractivity contribution in [3.63, 3.8) is 0 Å². The van der Waals surface area contributed by atoms with Gasteiger partial charge in [-0.25, -0.2) is 4.39 Å². The van der Waals surface area contributed by atoms with E-state index in [9.17, 15) is 9.18 Å². The maximum Gasteiger partial charge on any atom is 0.127 e. The van der Waals surface area contributed by atoms with Crippen LogP contribution in [0.1, 0.15) is 17.9 Å². The fourth-order valence-electron chi connectivity index (χ4n) is 1.59. The summed E-state index contributed by atoms with van der Waals surface area (Å²) in [4.78, 5) is 11.6. The van der Waals surface area contributed by atoms with Crippen molar-refractivity contribution in [2.45, 2.75) is 17.2 Å². The topological polar surface area (TPSA) is 17.1 Å². The summed E-state index contributed by atoms with van der Waals surface area (Å²) in [5.41, 5.74) is 0.737. The van der Waals surface area contributed by atoms with Gasteiger partial charge in [-0.15, -0.1) is 11.8 Å². The van der Waals surface area contributed by atoms with E-state index in [1.165, 1.54) is 12.1 Å². The van der Waals surface area contributed by atoms with E-state index in [2.05, 4.69) is 0 Å². The second kappa shape index (κ2) is 3.91. The molecule has 0 fully saturated rings. The van der Waals surface area contributed by atoms with Crippen molar-refractivity contribution < 1.29 is 9.18 Å². The van der Waals surface area contributed by atoms with Gasteiger partial charge in [0.2, 0.25) is 0 Å². The predicted molar refractivity (Wildman–Crippen MR) is 55.6 cm³/mol. The summed E-state index contributed by atoms with van der Waals surface area (Å²) in [5, 5.41) is 0.413. The lowest BCUT2D eigenvalue weighted by atomic mass is 9.97. The molecule has 2 rings (SSSR count). The van der Waals surface area contributed by atoms with Gasteiger partial charge in [0.05, 0.1) is 5.02 Å². The maximum absolute atomic E-state index is 13.1. The third kappa shape index (κ3) is 1.66. The number of fused-ring (bicyclic) bond motifs is 1. The minimum absolute atomic E-state index is 0.195. The highest BCUT2D eigenvalue weighted by Crippen LogP contribution is 2.41. The highest BCUT2D eigenvalue weighted by atomic mass is 35.5. The summed E-state index contributed by atoms with van der Waals surface area (Å²) in [6.45, 7) is 0. The summed E-state index contributed by atoms with van der Waals surface area (Å²) in [5.74, 6) is 0.296. The van der Waals surface area contributed by atoms with Gasteiger partial charge in [-0.05, 0) is 29.9 Å². The van der Waals surface area contributed by atoms with E-state index in [-0.39, 0.29) is 11.7 Å². The van der Waals surface area contributed by atoms with Crippen LogP contribution >= 0.6 is 23.4 Å². The number of hydrogen-bond donors (Lipinski definition) is 0. The molecule has 0 spiro atoms. The van der Waals surface area contributed by atoms with Crippen LogP contribution in [0, 0.1) is 5.82 Å². The second-order valence-electron chi connectivity index (χ2n) is 3.19. The first-order valence-electron chi connectivity index (χ1n) is 4.29. The molecule has 0 radical (unpaired) electrons. The maximum atomic E-state index is 13.1. The van der Waals surface area contributed by atoms with E-state index in [0.29, 0.717) is 5.02 Å². The molecule has 1 aliphatic rings. The van der Waals surface area contributed by atoms with E-state index in [0.717, 1.165) is 28.9 Å². The zero-order valence-corrected chi connectivity index (χ0v) is 8.87. The van der Waals surface area contributed by atoms with E-state index in [1.54, 1.807) is 11.8 Å². The molecule has 0 saturated heterocycles. The summed E-state index contributed by atoms with van der Waals surface area (Å²) in [7, 11) is 0. The van der Waals surface area contributed by atoms with Crippen LogP contribution in [-0.2, 0) is 4.79 Å². The van der Waals surface area contributed by atoms with Crippen molar-refractivity contribution in [1.29, 1.82) is 0 Å². The molecule has 0 aromatic heterocycles. The van der Waals surface area contributed by atoms with Gasteiger partial charge in [0, 0.05) is 10.8 Å². The van der Waals surface area contributed by atoms with Crippen molar-refractivity contribution in [2.75, 3.05) is 5.75 Å². The van der Waals surface area contributed by atoms with Crippen LogP contribution in [0.25, 0.3) is 0 Å². The Morgan fingerprint density at radius 3 is 3.07 bits per heavy atom. The zero-order chi connectivity index (χ0) is 10.1. The molecule has 0 bridgehead atoms. The number of hydrogen-bond acceptors (Lipinski definition) is 2. The third-order valence-corrected chi connectivity index (χ3v) is 3.87. The van der Waals surface area contributed by atoms with Crippen LogP contribution < -0.4 is 0 Å². The Morgan fingerprint density at radius 2 is 2.36 bits per heavy atom. The summed E-state index contributed by atoms with van der Waals surface area (Å²) in [6.07, 6.45) is 1.63. The Kier molecular flexibility index (Phi) is 2.79. The molecule has 1 aliphatic heterocycles. The first-order chi connectivity index (χ1) is 6.72. The van der Waals surface area contributed by atoms with Crippen LogP contribution in [0.4, 0.5) is 4.39 Å². The lowest BCUT2D eigenvalue weighted by Crippen LogP contribution is -2.09. The lowest BCUT2D eigenvalue weighted by molar-refractivity contribution is -0.109. The molecule has 0 amide bonds. The zero-order valence-electron chi connectivity index (χ0n) is 7.30. The van der Waals surface area contributed by atoms with Gasteiger partial charge in [0.25, 0.3) is 0 Å². The monoisotopic (exact) mass is 230 g/mol. The summed E-state index contributed by atoms with van der Waals surface area (Å²) >= 11 is 7.48. The summed E-state index contributed by atoms with van der Waals surface area (Å²) in [6, 6.07) is 2.70. The normalized spacial score (nSPS) is 20.3. The minimum Gasteiger partial charge on any atom is -0.303 e. The molecule has 0 aliphatic carbocycles. The average molecular weight is 231 g/mol. The highest BCUT2D eigenvalue weighted by Gasteiger charge is 2.23. The predicted octanol–water partition coefficient (Wildman–Crippen LogP) is 3.26. The molecule has 0 saturated carbocycles.